The number of benzene rings is 1. The first-order valence-electron chi connectivity index (χ1n) is 4.43. The highest BCUT2D eigenvalue weighted by molar-refractivity contribution is 5.91. The van der Waals surface area contributed by atoms with E-state index in [1.165, 1.54) is 24.3 Å². The molecule has 0 bridgehead atoms. The van der Waals surface area contributed by atoms with Crippen LogP contribution < -0.4 is 0 Å². The van der Waals surface area contributed by atoms with Gasteiger partial charge in [-0.25, -0.2) is 9.18 Å². The van der Waals surface area contributed by atoms with Crippen molar-refractivity contribution in [2.75, 3.05) is 6.61 Å². The molecular weight excluding hydrogens is 202 g/mol. The highest BCUT2D eigenvalue weighted by Crippen LogP contribution is 2.10. The maximum Gasteiger partial charge on any atom is 0.367 e. The minimum Gasteiger partial charge on any atom is -0.461 e. The van der Waals surface area contributed by atoms with Crippen LogP contribution >= 0.6 is 0 Å². The molecule has 15 heavy (non-hydrogen) atoms. The molecule has 0 saturated carbocycles. The van der Waals surface area contributed by atoms with Gasteiger partial charge in [0.25, 0.3) is 0 Å². The van der Waals surface area contributed by atoms with Crippen LogP contribution in [0.15, 0.2) is 30.1 Å². The van der Waals surface area contributed by atoms with Gasteiger partial charge in [-0.05, 0) is 30.7 Å². The third-order valence-corrected chi connectivity index (χ3v) is 1.63. The molecule has 0 fully saturated rings. The van der Waals surface area contributed by atoms with E-state index in [-0.39, 0.29) is 6.61 Å². The maximum absolute atomic E-state index is 13.1. The third kappa shape index (κ3) is 3.50. The lowest BCUT2D eigenvalue weighted by molar-refractivity contribution is -0.140. The van der Waals surface area contributed by atoms with Crippen molar-refractivity contribution in [2.24, 2.45) is 0 Å². The van der Waals surface area contributed by atoms with Gasteiger partial charge in [-0.2, -0.15) is 4.39 Å². The first-order chi connectivity index (χ1) is 7.13. The monoisotopic (exact) mass is 212 g/mol. The van der Waals surface area contributed by atoms with Gasteiger partial charge in [-0.3, -0.25) is 0 Å². The summed E-state index contributed by atoms with van der Waals surface area (Å²) >= 11 is 0. The standard InChI is InChI=1S/C11H10F2O2/c1-2-15-11(14)10(13)7-8-3-5-9(12)6-4-8/h3-7H,2H2,1H3/b10-7-. The molecule has 0 unspecified atom stereocenters. The van der Waals surface area contributed by atoms with Crippen molar-refractivity contribution in [1.29, 1.82) is 0 Å². The van der Waals surface area contributed by atoms with E-state index in [1.807, 2.05) is 0 Å². The molecule has 2 nitrogen and oxygen atoms in total. The summed E-state index contributed by atoms with van der Waals surface area (Å²) in [6.07, 6.45) is 0.997. The second-order valence-electron chi connectivity index (χ2n) is 2.76. The second-order valence-corrected chi connectivity index (χ2v) is 2.76. The van der Waals surface area contributed by atoms with Crippen LogP contribution in [0.5, 0.6) is 0 Å². The number of hydrogen-bond donors (Lipinski definition) is 0. The van der Waals surface area contributed by atoms with Crippen molar-refractivity contribution >= 4 is 12.0 Å². The average Bonchev–Trinajstić information content (AvgIpc) is 2.22. The summed E-state index contributed by atoms with van der Waals surface area (Å²) in [5.41, 5.74) is 0.405. The summed E-state index contributed by atoms with van der Waals surface area (Å²) in [6, 6.07) is 5.11. The largest absolute Gasteiger partial charge is 0.461 e. The van der Waals surface area contributed by atoms with Crippen LogP contribution in [0.25, 0.3) is 6.08 Å². The maximum atomic E-state index is 13.1. The average molecular weight is 212 g/mol. The molecule has 0 aliphatic carbocycles. The Bertz CT molecular complexity index is 369. The molecule has 1 aromatic rings. The van der Waals surface area contributed by atoms with Gasteiger partial charge < -0.3 is 4.74 Å². The number of ether oxygens (including phenoxy) is 1. The fourth-order valence-corrected chi connectivity index (χ4v) is 0.964. The molecule has 0 aromatic heterocycles. The van der Waals surface area contributed by atoms with Gasteiger partial charge >= 0.3 is 5.97 Å². The van der Waals surface area contributed by atoms with E-state index in [1.54, 1.807) is 6.92 Å². The van der Waals surface area contributed by atoms with Crippen LogP contribution in [0, 0.1) is 5.82 Å². The summed E-state index contributed by atoms with van der Waals surface area (Å²) in [4.78, 5) is 10.9. The number of halogens is 2. The van der Waals surface area contributed by atoms with Crippen LogP contribution in [0.1, 0.15) is 12.5 Å². The lowest BCUT2D eigenvalue weighted by Crippen LogP contribution is -2.03. The summed E-state index contributed by atoms with van der Waals surface area (Å²) in [6.45, 7) is 1.70. The molecule has 0 amide bonds. The Hall–Kier alpha value is -1.71. The molecule has 4 heteroatoms. The van der Waals surface area contributed by atoms with Gasteiger partial charge in [0.2, 0.25) is 5.83 Å². The van der Waals surface area contributed by atoms with Crippen LogP contribution in [0.2, 0.25) is 0 Å². The fraction of sp³-hybridized carbons (Fsp3) is 0.182. The molecule has 0 saturated heterocycles. The lowest BCUT2D eigenvalue weighted by atomic mass is 10.2. The Morgan fingerprint density at radius 2 is 2.00 bits per heavy atom. The minimum atomic E-state index is -1.01. The van der Waals surface area contributed by atoms with Crippen LogP contribution in [0.4, 0.5) is 8.78 Å². The summed E-state index contributed by atoms with van der Waals surface area (Å²) in [5, 5.41) is 0. The lowest BCUT2D eigenvalue weighted by Gasteiger charge is -1.98. The van der Waals surface area contributed by atoms with Crippen molar-refractivity contribution < 1.29 is 18.3 Å². The zero-order valence-corrected chi connectivity index (χ0v) is 8.17. The smallest absolute Gasteiger partial charge is 0.367 e. The zero-order valence-electron chi connectivity index (χ0n) is 8.17. The van der Waals surface area contributed by atoms with E-state index in [2.05, 4.69) is 4.74 Å². The molecule has 0 atom stereocenters. The van der Waals surface area contributed by atoms with Crippen molar-refractivity contribution in [2.45, 2.75) is 6.92 Å². The second kappa shape index (κ2) is 5.24. The fourth-order valence-electron chi connectivity index (χ4n) is 0.964. The van der Waals surface area contributed by atoms with E-state index in [9.17, 15) is 13.6 Å². The van der Waals surface area contributed by atoms with E-state index < -0.39 is 17.6 Å². The number of carbonyl (C=O) groups excluding carboxylic acids is 1. The first-order valence-corrected chi connectivity index (χ1v) is 4.43. The molecule has 0 heterocycles. The Morgan fingerprint density at radius 3 is 2.53 bits per heavy atom. The molecule has 0 aliphatic rings. The number of hydrogen-bond acceptors (Lipinski definition) is 2. The van der Waals surface area contributed by atoms with Crippen LogP contribution in [0.3, 0.4) is 0 Å². The van der Waals surface area contributed by atoms with Crippen LogP contribution in [-0.2, 0) is 9.53 Å². The summed E-state index contributed by atoms with van der Waals surface area (Å²) in [7, 11) is 0. The van der Waals surface area contributed by atoms with E-state index >= 15 is 0 Å². The van der Waals surface area contributed by atoms with E-state index in [0.29, 0.717) is 5.56 Å². The SMILES string of the molecule is CCOC(=O)/C(F)=C/c1ccc(F)cc1. The topological polar surface area (TPSA) is 26.3 Å². The number of rotatable bonds is 3. The Labute approximate surface area is 86.2 Å². The van der Waals surface area contributed by atoms with Crippen molar-refractivity contribution in [3.8, 4) is 0 Å². The first kappa shape index (κ1) is 11.4. The van der Waals surface area contributed by atoms with E-state index in [0.717, 1.165) is 6.08 Å². The van der Waals surface area contributed by atoms with Crippen LogP contribution in [-0.4, -0.2) is 12.6 Å². The highest BCUT2D eigenvalue weighted by Gasteiger charge is 2.08. The molecule has 0 N–H and O–H groups in total. The predicted octanol–water partition coefficient (Wildman–Crippen LogP) is 2.70. The molecule has 0 radical (unpaired) electrons. The van der Waals surface area contributed by atoms with Gasteiger partial charge in [0.1, 0.15) is 5.82 Å². The molecular formula is C11H10F2O2. The summed E-state index contributed by atoms with van der Waals surface area (Å²) in [5.74, 6) is -2.42. The van der Waals surface area contributed by atoms with Crippen molar-refractivity contribution in [3.63, 3.8) is 0 Å². The molecule has 80 valence electrons. The molecule has 1 aromatic carbocycles. The Morgan fingerprint density at radius 1 is 1.40 bits per heavy atom. The molecule has 0 spiro atoms. The third-order valence-electron chi connectivity index (χ3n) is 1.63. The number of esters is 1. The van der Waals surface area contributed by atoms with Gasteiger partial charge in [0, 0.05) is 0 Å². The van der Waals surface area contributed by atoms with Gasteiger partial charge in [0.15, 0.2) is 0 Å². The number of carbonyl (C=O) groups is 1. The molecule has 1 rings (SSSR count). The van der Waals surface area contributed by atoms with Gasteiger partial charge in [0.05, 0.1) is 6.61 Å². The van der Waals surface area contributed by atoms with E-state index in [4.69, 9.17) is 0 Å². The van der Waals surface area contributed by atoms with Crippen molar-refractivity contribution in [3.05, 3.63) is 41.5 Å². The van der Waals surface area contributed by atoms with Gasteiger partial charge in [-0.15, -0.1) is 0 Å². The Balaban J connectivity index is 2.78. The quantitative estimate of drug-likeness (QED) is 0.568. The van der Waals surface area contributed by atoms with Gasteiger partial charge in [-0.1, -0.05) is 12.1 Å². The minimum absolute atomic E-state index is 0.115. The normalized spacial score (nSPS) is 11.3. The Kier molecular flexibility index (Phi) is 3.97. The van der Waals surface area contributed by atoms with Crippen molar-refractivity contribution in [1.82, 2.24) is 0 Å². The summed E-state index contributed by atoms with van der Waals surface area (Å²) < 4.78 is 30.0. The zero-order chi connectivity index (χ0) is 11.3. The highest BCUT2D eigenvalue weighted by atomic mass is 19.1. The molecule has 0 aliphatic heterocycles. The predicted molar refractivity (Wildman–Crippen MR) is 52.1 cm³/mol.